The minimum absolute atomic E-state index is 0.0572. The molecule has 5 heteroatoms. The van der Waals surface area contributed by atoms with Crippen molar-refractivity contribution in [2.45, 2.75) is 39.3 Å². The van der Waals surface area contributed by atoms with Crippen molar-refractivity contribution in [3.63, 3.8) is 0 Å². The molecule has 3 aromatic rings. The van der Waals surface area contributed by atoms with E-state index >= 15 is 0 Å². The molecule has 29 heavy (non-hydrogen) atoms. The first-order valence-corrected chi connectivity index (χ1v) is 10.2. The molecule has 1 aliphatic rings. The maximum Gasteiger partial charge on any atom is 0.335 e. The summed E-state index contributed by atoms with van der Waals surface area (Å²) in [4.78, 5) is 17.0. The molecule has 0 aliphatic carbocycles. The third kappa shape index (κ3) is 3.79. The van der Waals surface area contributed by atoms with Crippen LogP contribution in [-0.4, -0.2) is 34.2 Å². The Balaban J connectivity index is 1.68. The van der Waals surface area contributed by atoms with E-state index in [9.17, 15) is 14.3 Å². The van der Waals surface area contributed by atoms with Gasteiger partial charge in [0.1, 0.15) is 0 Å². The second-order valence-corrected chi connectivity index (χ2v) is 8.21. The number of fused-ring (bicyclic) bond motifs is 1. The van der Waals surface area contributed by atoms with E-state index in [-0.39, 0.29) is 24.2 Å². The number of nitrogens with one attached hydrogen (secondary N) is 1. The SMILES string of the molecule is Cc1cc(C)c2[nH]ccc2c1CN1CCC(CF)C[C@@H]1c1ccc(C(=O)O)cc1. The topological polar surface area (TPSA) is 56.3 Å². The van der Waals surface area contributed by atoms with Crippen LogP contribution in [-0.2, 0) is 6.54 Å². The Morgan fingerprint density at radius 1 is 1.21 bits per heavy atom. The number of hydrogen-bond donors (Lipinski definition) is 2. The Labute approximate surface area is 170 Å². The number of carboxylic acid groups (broad SMARTS) is 1. The lowest BCUT2D eigenvalue weighted by atomic mass is 9.86. The van der Waals surface area contributed by atoms with Crippen molar-refractivity contribution in [2.24, 2.45) is 5.92 Å². The van der Waals surface area contributed by atoms with Gasteiger partial charge in [-0.3, -0.25) is 9.29 Å². The molecule has 0 saturated carbocycles. The van der Waals surface area contributed by atoms with E-state index in [1.165, 1.54) is 27.6 Å². The minimum Gasteiger partial charge on any atom is -0.478 e. The Morgan fingerprint density at radius 2 is 1.97 bits per heavy atom. The van der Waals surface area contributed by atoms with E-state index < -0.39 is 5.97 Å². The van der Waals surface area contributed by atoms with Crippen LogP contribution in [0.5, 0.6) is 0 Å². The van der Waals surface area contributed by atoms with Crippen LogP contribution >= 0.6 is 0 Å². The second kappa shape index (κ2) is 7.99. The Morgan fingerprint density at radius 3 is 2.66 bits per heavy atom. The Bertz CT molecular complexity index is 1030. The van der Waals surface area contributed by atoms with Gasteiger partial charge in [0.25, 0.3) is 0 Å². The highest BCUT2D eigenvalue weighted by molar-refractivity contribution is 5.88. The fourth-order valence-electron chi connectivity index (χ4n) is 4.67. The van der Waals surface area contributed by atoms with E-state index in [0.29, 0.717) is 0 Å². The summed E-state index contributed by atoms with van der Waals surface area (Å²) in [6.45, 7) is 5.60. The zero-order valence-electron chi connectivity index (χ0n) is 16.9. The van der Waals surface area contributed by atoms with Crippen molar-refractivity contribution in [1.82, 2.24) is 9.88 Å². The number of rotatable bonds is 5. The predicted molar refractivity (Wildman–Crippen MR) is 113 cm³/mol. The molecule has 0 amide bonds. The predicted octanol–water partition coefficient (Wildman–Crippen LogP) is 5.41. The average Bonchev–Trinajstić information content (AvgIpc) is 3.21. The van der Waals surface area contributed by atoms with Gasteiger partial charge in [0.05, 0.1) is 12.2 Å². The number of hydrogen-bond acceptors (Lipinski definition) is 2. The highest BCUT2D eigenvalue weighted by Crippen LogP contribution is 2.37. The van der Waals surface area contributed by atoms with Crippen LogP contribution in [0.3, 0.4) is 0 Å². The fourth-order valence-corrected chi connectivity index (χ4v) is 4.67. The monoisotopic (exact) mass is 394 g/mol. The molecule has 4 rings (SSSR count). The van der Waals surface area contributed by atoms with E-state index in [2.05, 4.69) is 35.9 Å². The minimum atomic E-state index is -0.927. The first-order valence-electron chi connectivity index (χ1n) is 10.2. The molecule has 2 heterocycles. The summed E-state index contributed by atoms with van der Waals surface area (Å²) in [7, 11) is 0. The maximum absolute atomic E-state index is 13.5. The van der Waals surface area contributed by atoms with Gasteiger partial charge in [0, 0.05) is 29.7 Å². The zero-order valence-corrected chi connectivity index (χ0v) is 16.9. The molecule has 2 N–H and O–H groups in total. The lowest BCUT2D eigenvalue weighted by Crippen LogP contribution is -2.37. The third-order valence-electron chi connectivity index (χ3n) is 6.32. The molecule has 4 nitrogen and oxygen atoms in total. The highest BCUT2D eigenvalue weighted by Gasteiger charge is 2.30. The normalized spacial score (nSPS) is 20.2. The summed E-state index contributed by atoms with van der Waals surface area (Å²) in [6, 6.07) is 11.5. The number of carbonyl (C=O) groups is 1. The van der Waals surface area contributed by atoms with Crippen LogP contribution < -0.4 is 0 Å². The molecule has 0 spiro atoms. The van der Waals surface area contributed by atoms with Gasteiger partial charge in [-0.1, -0.05) is 18.2 Å². The summed E-state index contributed by atoms with van der Waals surface area (Å²) in [5.74, 6) is -0.870. The van der Waals surface area contributed by atoms with E-state index in [0.717, 1.165) is 31.5 Å². The number of alkyl halides is 1. The molecule has 0 bridgehead atoms. The highest BCUT2D eigenvalue weighted by atomic mass is 19.1. The van der Waals surface area contributed by atoms with Crippen molar-refractivity contribution in [2.75, 3.05) is 13.2 Å². The van der Waals surface area contributed by atoms with E-state index in [4.69, 9.17) is 0 Å². The van der Waals surface area contributed by atoms with Crippen LogP contribution in [0.1, 0.15) is 51.5 Å². The van der Waals surface area contributed by atoms with Crippen LogP contribution in [0.4, 0.5) is 4.39 Å². The van der Waals surface area contributed by atoms with Crippen LogP contribution in [0.25, 0.3) is 10.9 Å². The van der Waals surface area contributed by atoms with Crippen molar-refractivity contribution >= 4 is 16.9 Å². The number of nitrogens with zero attached hydrogens (tertiary/aromatic N) is 1. The Kier molecular flexibility index (Phi) is 5.41. The first kappa shape index (κ1) is 19.6. The molecule has 1 fully saturated rings. The number of H-pyrrole nitrogens is 1. The van der Waals surface area contributed by atoms with Gasteiger partial charge in [0.15, 0.2) is 0 Å². The van der Waals surface area contributed by atoms with Crippen molar-refractivity contribution in [3.05, 3.63) is 70.4 Å². The van der Waals surface area contributed by atoms with Crippen molar-refractivity contribution < 1.29 is 14.3 Å². The smallest absolute Gasteiger partial charge is 0.335 e. The van der Waals surface area contributed by atoms with Gasteiger partial charge in [-0.2, -0.15) is 0 Å². The summed E-state index contributed by atoms with van der Waals surface area (Å²) in [5, 5.41) is 10.4. The molecule has 152 valence electrons. The molecule has 1 unspecified atom stereocenters. The zero-order chi connectivity index (χ0) is 20.5. The maximum atomic E-state index is 13.5. The molecule has 2 atom stereocenters. The van der Waals surface area contributed by atoms with Crippen LogP contribution in [0.2, 0.25) is 0 Å². The largest absolute Gasteiger partial charge is 0.478 e. The van der Waals surface area contributed by atoms with Crippen molar-refractivity contribution in [3.8, 4) is 0 Å². The molecule has 2 aromatic carbocycles. The number of likely N-dealkylation sites (tertiary alicyclic amines) is 1. The van der Waals surface area contributed by atoms with Crippen molar-refractivity contribution in [1.29, 1.82) is 0 Å². The number of aromatic amines is 1. The van der Waals surface area contributed by atoms with E-state index in [1.807, 2.05) is 18.3 Å². The summed E-state index contributed by atoms with van der Waals surface area (Å²) in [5.41, 5.74) is 6.32. The number of halogens is 1. The molecular weight excluding hydrogens is 367 g/mol. The Hall–Kier alpha value is -2.66. The quantitative estimate of drug-likeness (QED) is 0.609. The van der Waals surface area contributed by atoms with Gasteiger partial charge in [-0.05, 0) is 79.6 Å². The van der Waals surface area contributed by atoms with Gasteiger partial charge < -0.3 is 10.1 Å². The van der Waals surface area contributed by atoms with Gasteiger partial charge >= 0.3 is 5.97 Å². The summed E-state index contributed by atoms with van der Waals surface area (Å²) in [6.07, 6.45) is 3.59. The molecule has 1 saturated heterocycles. The average molecular weight is 394 g/mol. The molecular formula is C24H27FN2O2. The van der Waals surface area contributed by atoms with Gasteiger partial charge in [0.2, 0.25) is 0 Å². The lowest BCUT2D eigenvalue weighted by Gasteiger charge is -2.39. The third-order valence-corrected chi connectivity index (χ3v) is 6.32. The standard InChI is InChI=1S/C24H27FN2O2/c1-15-11-16(2)23-20(7-9-26-23)21(15)14-27-10-8-17(13-25)12-22(27)18-3-5-19(6-4-18)24(28)29/h3-7,9,11,17,22,26H,8,10,12-14H2,1-2H3,(H,28,29)/t17?,22-/m1/s1. The fraction of sp³-hybridized carbons (Fsp3) is 0.375. The molecule has 1 aromatic heterocycles. The number of aryl methyl sites for hydroxylation is 2. The van der Waals surface area contributed by atoms with Crippen LogP contribution in [0, 0.1) is 19.8 Å². The molecule has 1 aliphatic heterocycles. The van der Waals surface area contributed by atoms with Gasteiger partial charge in [-0.25, -0.2) is 4.79 Å². The first-order chi connectivity index (χ1) is 14.0. The number of aromatic nitrogens is 1. The lowest BCUT2D eigenvalue weighted by molar-refractivity contribution is 0.0696. The number of benzene rings is 2. The number of aromatic carboxylic acids is 1. The summed E-state index contributed by atoms with van der Waals surface area (Å²) >= 11 is 0. The van der Waals surface area contributed by atoms with Crippen LogP contribution in [0.15, 0.2) is 42.6 Å². The number of carboxylic acids is 1. The van der Waals surface area contributed by atoms with Gasteiger partial charge in [-0.15, -0.1) is 0 Å². The summed E-state index contributed by atoms with van der Waals surface area (Å²) < 4.78 is 13.5. The number of piperidine rings is 1. The second-order valence-electron chi connectivity index (χ2n) is 8.21. The molecule has 0 radical (unpaired) electrons. The van der Waals surface area contributed by atoms with E-state index in [1.54, 1.807) is 12.1 Å².